The van der Waals surface area contributed by atoms with Gasteiger partial charge < -0.3 is 0 Å². The van der Waals surface area contributed by atoms with Crippen LogP contribution in [0.25, 0.3) is 0 Å². The molecule has 19 heavy (non-hydrogen) atoms. The Morgan fingerprint density at radius 3 is 2.26 bits per heavy atom. The van der Waals surface area contributed by atoms with Gasteiger partial charge in [-0.1, -0.05) is 34.6 Å². The number of nitrogens with zero attached hydrogens (tertiary/aromatic N) is 1. The molecule has 1 aliphatic heterocycles. The fourth-order valence-electron chi connectivity index (χ4n) is 2.69. The lowest BCUT2D eigenvalue weighted by atomic mass is 9.95. The van der Waals surface area contributed by atoms with Gasteiger partial charge >= 0.3 is 0 Å². The van der Waals surface area contributed by atoms with Gasteiger partial charge in [-0.3, -0.25) is 19.3 Å². The molecule has 0 aromatic heterocycles. The first-order valence-corrected chi connectivity index (χ1v) is 7.19. The van der Waals surface area contributed by atoms with Gasteiger partial charge in [0.05, 0.1) is 6.04 Å². The monoisotopic (exact) mass is 267 g/mol. The van der Waals surface area contributed by atoms with Crippen molar-refractivity contribution in [2.24, 2.45) is 17.8 Å². The lowest BCUT2D eigenvalue weighted by Gasteiger charge is -2.26. The van der Waals surface area contributed by atoms with E-state index in [9.17, 15) is 14.4 Å². The van der Waals surface area contributed by atoms with E-state index in [1.54, 1.807) is 0 Å². The van der Waals surface area contributed by atoms with E-state index in [1.807, 2.05) is 34.6 Å². The highest BCUT2D eigenvalue weighted by Gasteiger charge is 2.44. The lowest BCUT2D eigenvalue weighted by molar-refractivity contribution is -0.147. The molecule has 0 radical (unpaired) electrons. The summed E-state index contributed by atoms with van der Waals surface area (Å²) in [6.45, 7) is 9.54. The largest absolute Gasteiger partial charge is 0.297 e. The summed E-state index contributed by atoms with van der Waals surface area (Å²) in [7, 11) is 0. The van der Waals surface area contributed by atoms with Gasteiger partial charge in [0.15, 0.2) is 5.78 Å². The van der Waals surface area contributed by atoms with E-state index in [1.165, 1.54) is 4.90 Å². The second-order valence-electron chi connectivity index (χ2n) is 6.11. The average molecular weight is 267 g/mol. The number of likely N-dealkylation sites (tertiary alicyclic amines) is 1. The molecule has 0 N–H and O–H groups in total. The number of rotatable bonds is 6. The minimum Gasteiger partial charge on any atom is -0.297 e. The maximum atomic E-state index is 12.3. The summed E-state index contributed by atoms with van der Waals surface area (Å²) in [5.41, 5.74) is 0. The summed E-state index contributed by atoms with van der Waals surface area (Å²) in [4.78, 5) is 37.8. The second-order valence-corrected chi connectivity index (χ2v) is 6.11. The number of carbonyl (C=O) groups is 3. The van der Waals surface area contributed by atoms with Crippen molar-refractivity contribution in [2.45, 2.75) is 59.9 Å². The maximum Gasteiger partial charge on any atom is 0.233 e. The van der Waals surface area contributed by atoms with E-state index in [0.29, 0.717) is 18.8 Å². The summed E-state index contributed by atoms with van der Waals surface area (Å²) < 4.78 is 0. The van der Waals surface area contributed by atoms with Gasteiger partial charge in [0.1, 0.15) is 0 Å². The van der Waals surface area contributed by atoms with Crippen LogP contribution in [-0.2, 0) is 14.4 Å². The van der Waals surface area contributed by atoms with E-state index in [-0.39, 0.29) is 35.9 Å². The quantitative estimate of drug-likeness (QED) is 0.694. The van der Waals surface area contributed by atoms with Crippen molar-refractivity contribution in [1.82, 2.24) is 4.90 Å². The van der Waals surface area contributed by atoms with Crippen LogP contribution in [0, 0.1) is 17.8 Å². The molecule has 1 saturated heterocycles. The van der Waals surface area contributed by atoms with Crippen LogP contribution in [0.1, 0.15) is 53.9 Å². The number of Topliss-reactive ketones (excluding diaryl/α,β-unsaturated/α-hetero) is 1. The van der Waals surface area contributed by atoms with E-state index < -0.39 is 6.04 Å². The number of hydrogen-bond acceptors (Lipinski definition) is 3. The van der Waals surface area contributed by atoms with Gasteiger partial charge in [0.25, 0.3) is 0 Å². The van der Waals surface area contributed by atoms with Gasteiger partial charge in [-0.25, -0.2) is 0 Å². The second kappa shape index (κ2) is 6.31. The smallest absolute Gasteiger partial charge is 0.233 e. The topological polar surface area (TPSA) is 54.5 Å². The summed E-state index contributed by atoms with van der Waals surface area (Å²) in [5.74, 6) is -0.371. The number of carbonyl (C=O) groups excluding carboxylic acids is 3. The Hall–Kier alpha value is -1.19. The molecule has 2 atom stereocenters. The summed E-state index contributed by atoms with van der Waals surface area (Å²) in [6, 6.07) is -0.572. The number of amides is 2. The van der Waals surface area contributed by atoms with Crippen LogP contribution in [-0.4, -0.2) is 28.5 Å². The standard InChI is InChI=1S/C15H25NO3/c1-6-12(14(18)10(4)5)16-13(17)8-11(15(16)19)7-9(2)3/h9-12H,6-8H2,1-5H3. The third-order valence-corrected chi connectivity index (χ3v) is 3.63. The van der Waals surface area contributed by atoms with Crippen LogP contribution >= 0.6 is 0 Å². The SMILES string of the molecule is CCC(C(=O)C(C)C)N1C(=O)CC(CC(C)C)C1=O. The number of imide groups is 1. The molecule has 2 amide bonds. The van der Waals surface area contributed by atoms with Crippen LogP contribution in [0.15, 0.2) is 0 Å². The average Bonchev–Trinajstić information content (AvgIpc) is 2.56. The fourth-order valence-corrected chi connectivity index (χ4v) is 2.69. The summed E-state index contributed by atoms with van der Waals surface area (Å²) in [5, 5.41) is 0. The first-order chi connectivity index (χ1) is 8.79. The van der Waals surface area contributed by atoms with E-state index in [2.05, 4.69) is 0 Å². The molecule has 0 saturated carbocycles. The molecule has 0 spiro atoms. The highest BCUT2D eigenvalue weighted by molar-refractivity contribution is 6.07. The molecule has 2 unspecified atom stereocenters. The summed E-state index contributed by atoms with van der Waals surface area (Å²) >= 11 is 0. The van der Waals surface area contributed by atoms with Crippen molar-refractivity contribution >= 4 is 17.6 Å². The molecule has 0 aromatic rings. The summed E-state index contributed by atoms with van der Waals surface area (Å²) in [6.07, 6.45) is 1.48. The Labute approximate surface area is 115 Å². The molecule has 0 aromatic carbocycles. The third kappa shape index (κ3) is 3.43. The first-order valence-electron chi connectivity index (χ1n) is 7.19. The van der Waals surface area contributed by atoms with Crippen molar-refractivity contribution in [3.63, 3.8) is 0 Å². The lowest BCUT2D eigenvalue weighted by Crippen LogP contribution is -2.46. The Morgan fingerprint density at radius 2 is 1.84 bits per heavy atom. The normalized spacial score (nSPS) is 21.6. The van der Waals surface area contributed by atoms with Crippen LogP contribution in [0.2, 0.25) is 0 Å². The van der Waals surface area contributed by atoms with Crippen LogP contribution in [0.5, 0.6) is 0 Å². The fraction of sp³-hybridized carbons (Fsp3) is 0.800. The highest BCUT2D eigenvalue weighted by Crippen LogP contribution is 2.29. The van der Waals surface area contributed by atoms with Crippen molar-refractivity contribution in [3.8, 4) is 0 Å². The van der Waals surface area contributed by atoms with E-state index in [4.69, 9.17) is 0 Å². The van der Waals surface area contributed by atoms with Gasteiger partial charge in [-0.2, -0.15) is 0 Å². The van der Waals surface area contributed by atoms with Crippen molar-refractivity contribution in [1.29, 1.82) is 0 Å². The van der Waals surface area contributed by atoms with Gasteiger partial charge in [0, 0.05) is 18.3 Å². The minimum absolute atomic E-state index is 0.0191. The molecule has 0 aliphatic carbocycles. The van der Waals surface area contributed by atoms with Crippen molar-refractivity contribution in [2.75, 3.05) is 0 Å². The highest BCUT2D eigenvalue weighted by atomic mass is 16.2. The molecular weight excluding hydrogens is 242 g/mol. The predicted molar refractivity (Wildman–Crippen MR) is 73.3 cm³/mol. The Kier molecular flexibility index (Phi) is 5.27. The zero-order valence-corrected chi connectivity index (χ0v) is 12.6. The first kappa shape index (κ1) is 15.9. The Balaban J connectivity index is 2.90. The van der Waals surface area contributed by atoms with Crippen LogP contribution in [0.4, 0.5) is 0 Å². The van der Waals surface area contributed by atoms with Gasteiger partial charge in [-0.15, -0.1) is 0 Å². The molecular formula is C15H25NO3. The van der Waals surface area contributed by atoms with Crippen molar-refractivity contribution < 1.29 is 14.4 Å². The predicted octanol–water partition coefficient (Wildman–Crippen LogP) is 2.41. The Bertz CT molecular complexity index is 374. The molecule has 1 rings (SSSR count). The van der Waals surface area contributed by atoms with E-state index in [0.717, 1.165) is 0 Å². The Morgan fingerprint density at radius 1 is 1.26 bits per heavy atom. The van der Waals surface area contributed by atoms with Crippen LogP contribution in [0.3, 0.4) is 0 Å². The molecule has 1 aliphatic rings. The number of hydrogen-bond donors (Lipinski definition) is 0. The molecule has 108 valence electrons. The van der Waals surface area contributed by atoms with E-state index >= 15 is 0 Å². The van der Waals surface area contributed by atoms with Crippen LogP contribution < -0.4 is 0 Å². The van der Waals surface area contributed by atoms with Crippen molar-refractivity contribution in [3.05, 3.63) is 0 Å². The third-order valence-electron chi connectivity index (χ3n) is 3.63. The maximum absolute atomic E-state index is 12.3. The molecule has 4 heteroatoms. The zero-order chi connectivity index (χ0) is 14.7. The minimum atomic E-state index is -0.572. The number of ketones is 1. The molecule has 1 fully saturated rings. The zero-order valence-electron chi connectivity index (χ0n) is 12.6. The van der Waals surface area contributed by atoms with Gasteiger partial charge in [0.2, 0.25) is 11.8 Å². The molecule has 1 heterocycles. The molecule has 0 bridgehead atoms. The van der Waals surface area contributed by atoms with Gasteiger partial charge in [-0.05, 0) is 18.8 Å². The molecule has 4 nitrogen and oxygen atoms in total.